The summed E-state index contributed by atoms with van der Waals surface area (Å²) >= 11 is 1.56. The van der Waals surface area contributed by atoms with Crippen LogP contribution in [0.25, 0.3) is 6.08 Å². The van der Waals surface area contributed by atoms with Crippen LogP contribution in [-0.4, -0.2) is 14.3 Å². The number of hydrogen-bond donors (Lipinski definition) is 2. The largest absolute Gasteiger partial charge is 0.348 e. The maximum atomic E-state index is 11.6. The summed E-state index contributed by atoms with van der Waals surface area (Å²) in [5, 5.41) is 11.6. The maximum Gasteiger partial charge on any atom is 0.244 e. The van der Waals surface area contributed by atoms with Gasteiger partial charge in [-0.15, -0.1) is 0 Å². The Hall–Kier alpha value is -1.96. The monoisotopic (exact) mass is 322 g/mol. The van der Waals surface area contributed by atoms with Gasteiger partial charge in [-0.25, -0.2) is 13.6 Å². The Labute approximate surface area is 127 Å². The number of carbonyl (C=O) groups excluding carboxylic acids is 1. The van der Waals surface area contributed by atoms with Crippen LogP contribution in [-0.2, 0) is 21.4 Å². The van der Waals surface area contributed by atoms with E-state index in [0.29, 0.717) is 6.54 Å². The van der Waals surface area contributed by atoms with Crippen molar-refractivity contribution in [2.75, 3.05) is 0 Å². The van der Waals surface area contributed by atoms with E-state index in [9.17, 15) is 13.2 Å². The number of thiophene rings is 1. The molecule has 0 aliphatic heterocycles. The second kappa shape index (κ2) is 6.66. The molecule has 110 valence electrons. The second-order valence-electron chi connectivity index (χ2n) is 4.30. The molecular formula is C14H14N2O3S2. The van der Waals surface area contributed by atoms with Crippen LogP contribution in [0.2, 0.25) is 0 Å². The molecule has 0 atom stereocenters. The van der Waals surface area contributed by atoms with E-state index in [1.807, 2.05) is 16.8 Å². The minimum absolute atomic E-state index is 0.0509. The summed E-state index contributed by atoms with van der Waals surface area (Å²) in [6.07, 6.45) is 3.19. The summed E-state index contributed by atoms with van der Waals surface area (Å²) in [7, 11) is -3.68. The molecular weight excluding hydrogens is 308 g/mol. The molecule has 2 rings (SSSR count). The van der Waals surface area contributed by atoms with E-state index in [2.05, 4.69) is 5.32 Å². The van der Waals surface area contributed by atoms with Gasteiger partial charge in [0.1, 0.15) is 0 Å². The zero-order valence-corrected chi connectivity index (χ0v) is 12.7. The SMILES string of the molecule is NS(=O)(=O)c1ccc(CNC(=O)/C=C/c2ccsc2)cc1. The highest BCUT2D eigenvalue weighted by molar-refractivity contribution is 7.89. The van der Waals surface area contributed by atoms with Gasteiger partial charge in [0.05, 0.1) is 4.90 Å². The fourth-order valence-electron chi connectivity index (χ4n) is 1.59. The van der Waals surface area contributed by atoms with Crippen molar-refractivity contribution < 1.29 is 13.2 Å². The molecule has 3 N–H and O–H groups in total. The summed E-state index contributed by atoms with van der Waals surface area (Å²) in [5.74, 6) is -0.211. The van der Waals surface area contributed by atoms with E-state index >= 15 is 0 Å². The number of carbonyl (C=O) groups is 1. The van der Waals surface area contributed by atoms with E-state index < -0.39 is 10.0 Å². The Morgan fingerprint density at radius 1 is 1.24 bits per heavy atom. The number of sulfonamides is 1. The molecule has 0 aliphatic rings. The van der Waals surface area contributed by atoms with Crippen molar-refractivity contribution in [1.29, 1.82) is 0 Å². The number of nitrogens with one attached hydrogen (secondary N) is 1. The van der Waals surface area contributed by atoms with Gasteiger partial charge in [0.15, 0.2) is 0 Å². The van der Waals surface area contributed by atoms with Gasteiger partial charge in [0, 0.05) is 12.6 Å². The minimum Gasteiger partial charge on any atom is -0.348 e. The van der Waals surface area contributed by atoms with Crippen molar-refractivity contribution in [3.05, 3.63) is 58.3 Å². The molecule has 5 nitrogen and oxygen atoms in total. The Bertz CT molecular complexity index is 733. The van der Waals surface area contributed by atoms with Crippen molar-refractivity contribution in [2.24, 2.45) is 5.14 Å². The third-order valence-corrected chi connectivity index (χ3v) is 4.32. The molecule has 0 spiro atoms. The lowest BCUT2D eigenvalue weighted by Gasteiger charge is -2.04. The maximum absolute atomic E-state index is 11.6. The molecule has 0 aliphatic carbocycles. The molecule has 0 bridgehead atoms. The highest BCUT2D eigenvalue weighted by atomic mass is 32.2. The van der Waals surface area contributed by atoms with E-state index in [1.165, 1.54) is 18.2 Å². The van der Waals surface area contributed by atoms with Crippen LogP contribution < -0.4 is 10.5 Å². The number of amides is 1. The summed E-state index contributed by atoms with van der Waals surface area (Å²) in [6.45, 7) is 0.317. The number of benzene rings is 1. The predicted molar refractivity (Wildman–Crippen MR) is 83.0 cm³/mol. The van der Waals surface area contributed by atoms with Crippen molar-refractivity contribution in [1.82, 2.24) is 5.32 Å². The number of rotatable bonds is 5. The first kappa shape index (κ1) is 15.4. The summed E-state index contributed by atoms with van der Waals surface area (Å²) < 4.78 is 22.2. The molecule has 0 fully saturated rings. The van der Waals surface area contributed by atoms with Crippen LogP contribution in [0.4, 0.5) is 0 Å². The smallest absolute Gasteiger partial charge is 0.244 e. The molecule has 2 aromatic rings. The predicted octanol–water partition coefficient (Wildman–Crippen LogP) is 1.73. The Kier molecular flexibility index (Phi) is 4.89. The molecule has 0 unspecified atom stereocenters. The minimum atomic E-state index is -3.68. The average molecular weight is 322 g/mol. The van der Waals surface area contributed by atoms with Crippen LogP contribution in [0, 0.1) is 0 Å². The molecule has 1 heterocycles. The van der Waals surface area contributed by atoms with Crippen molar-refractivity contribution in [3.8, 4) is 0 Å². The van der Waals surface area contributed by atoms with Gasteiger partial charge in [-0.3, -0.25) is 4.79 Å². The van der Waals surface area contributed by atoms with E-state index in [1.54, 1.807) is 29.5 Å². The van der Waals surface area contributed by atoms with Gasteiger partial charge in [-0.1, -0.05) is 12.1 Å². The summed E-state index contributed by atoms with van der Waals surface area (Å²) in [4.78, 5) is 11.7. The van der Waals surface area contributed by atoms with Crippen molar-refractivity contribution in [2.45, 2.75) is 11.4 Å². The summed E-state index contributed by atoms with van der Waals surface area (Å²) in [5.41, 5.74) is 1.77. The third kappa shape index (κ3) is 4.82. The third-order valence-electron chi connectivity index (χ3n) is 2.69. The van der Waals surface area contributed by atoms with E-state index in [0.717, 1.165) is 11.1 Å². The number of nitrogens with two attached hydrogens (primary N) is 1. The quantitative estimate of drug-likeness (QED) is 0.822. The van der Waals surface area contributed by atoms with Gasteiger partial charge >= 0.3 is 0 Å². The van der Waals surface area contributed by atoms with E-state index in [4.69, 9.17) is 5.14 Å². The molecule has 0 radical (unpaired) electrons. The molecule has 1 aromatic heterocycles. The lowest BCUT2D eigenvalue weighted by atomic mass is 10.2. The van der Waals surface area contributed by atoms with Crippen molar-refractivity contribution >= 4 is 33.3 Å². The first-order valence-electron chi connectivity index (χ1n) is 6.05. The van der Waals surface area contributed by atoms with Gasteiger partial charge < -0.3 is 5.32 Å². The zero-order chi connectivity index (χ0) is 15.3. The van der Waals surface area contributed by atoms with Crippen LogP contribution in [0.5, 0.6) is 0 Å². The Balaban J connectivity index is 1.89. The number of hydrogen-bond acceptors (Lipinski definition) is 4. The van der Waals surface area contributed by atoms with Crippen LogP contribution in [0.15, 0.2) is 52.1 Å². The van der Waals surface area contributed by atoms with Crippen LogP contribution in [0.3, 0.4) is 0 Å². The highest BCUT2D eigenvalue weighted by Crippen LogP contribution is 2.09. The zero-order valence-electron chi connectivity index (χ0n) is 11.0. The van der Waals surface area contributed by atoms with Crippen molar-refractivity contribution in [3.63, 3.8) is 0 Å². The first-order chi connectivity index (χ1) is 9.95. The average Bonchev–Trinajstić information content (AvgIpc) is 2.95. The fraction of sp³-hybridized carbons (Fsp3) is 0.0714. The molecule has 0 saturated carbocycles. The molecule has 0 saturated heterocycles. The van der Waals surface area contributed by atoms with Gasteiger partial charge in [0.2, 0.25) is 15.9 Å². The Morgan fingerprint density at radius 3 is 2.52 bits per heavy atom. The molecule has 1 aromatic carbocycles. The van der Waals surface area contributed by atoms with Gasteiger partial charge in [0.25, 0.3) is 0 Å². The van der Waals surface area contributed by atoms with Gasteiger partial charge in [-0.2, -0.15) is 11.3 Å². The highest BCUT2D eigenvalue weighted by Gasteiger charge is 2.06. The second-order valence-corrected chi connectivity index (χ2v) is 6.64. The Morgan fingerprint density at radius 2 is 1.95 bits per heavy atom. The normalized spacial score (nSPS) is 11.7. The molecule has 1 amide bonds. The standard InChI is InChI=1S/C14H14N2O3S2/c15-21(18,19)13-4-1-11(2-5-13)9-16-14(17)6-3-12-7-8-20-10-12/h1-8,10H,9H2,(H,16,17)(H2,15,18,19)/b6-3+. The number of primary sulfonamides is 1. The fourth-order valence-corrected chi connectivity index (χ4v) is 2.73. The first-order valence-corrected chi connectivity index (χ1v) is 8.54. The molecule has 7 heteroatoms. The topological polar surface area (TPSA) is 89.3 Å². The van der Waals surface area contributed by atoms with Gasteiger partial charge in [-0.05, 0) is 46.2 Å². The van der Waals surface area contributed by atoms with Crippen LogP contribution >= 0.6 is 11.3 Å². The lowest BCUT2D eigenvalue weighted by Crippen LogP contribution is -2.20. The van der Waals surface area contributed by atoms with E-state index in [-0.39, 0.29) is 10.8 Å². The molecule has 21 heavy (non-hydrogen) atoms. The summed E-state index contributed by atoms with van der Waals surface area (Å²) in [6, 6.07) is 7.97. The van der Waals surface area contributed by atoms with Crippen LogP contribution in [0.1, 0.15) is 11.1 Å². The lowest BCUT2D eigenvalue weighted by molar-refractivity contribution is -0.116.